The van der Waals surface area contributed by atoms with E-state index in [9.17, 15) is 14.7 Å². The predicted octanol–water partition coefficient (Wildman–Crippen LogP) is 3.65. The van der Waals surface area contributed by atoms with Crippen LogP contribution in [0.1, 0.15) is 20.7 Å². The van der Waals surface area contributed by atoms with Crippen LogP contribution in [0.2, 0.25) is 0 Å². The molecule has 0 saturated carbocycles. The van der Waals surface area contributed by atoms with E-state index < -0.39 is 5.97 Å². The van der Waals surface area contributed by atoms with Crippen LogP contribution in [0.3, 0.4) is 0 Å². The number of benzene rings is 3. The molecule has 1 N–H and O–H groups in total. The minimum Gasteiger partial charge on any atom is -0.506 e. The molecule has 0 atom stereocenters. The first-order chi connectivity index (χ1) is 16.6. The fourth-order valence-electron chi connectivity index (χ4n) is 4.25. The van der Waals surface area contributed by atoms with Crippen molar-refractivity contribution in [2.45, 2.75) is 0 Å². The topological polar surface area (TPSA) is 73.3 Å². The van der Waals surface area contributed by atoms with Crippen LogP contribution < -0.4 is 9.80 Å². The van der Waals surface area contributed by atoms with E-state index in [1.54, 1.807) is 36.4 Å². The second-order valence-electron chi connectivity index (χ2n) is 8.15. The maximum Gasteiger partial charge on any atom is 0.340 e. The van der Waals surface area contributed by atoms with Gasteiger partial charge in [-0.15, -0.1) is 0 Å². The van der Waals surface area contributed by atoms with E-state index in [0.717, 1.165) is 26.2 Å². The molecule has 1 aliphatic heterocycles. The Morgan fingerprint density at radius 2 is 1.53 bits per heavy atom. The highest BCUT2D eigenvalue weighted by Crippen LogP contribution is 2.33. The van der Waals surface area contributed by atoms with Crippen LogP contribution in [0.15, 0.2) is 78.9 Å². The Hall–Kier alpha value is -3.84. The predicted molar refractivity (Wildman–Crippen MR) is 133 cm³/mol. The second-order valence-corrected chi connectivity index (χ2v) is 8.15. The number of para-hydroxylation sites is 2. The van der Waals surface area contributed by atoms with Gasteiger partial charge in [-0.2, -0.15) is 0 Å². The molecule has 4 rings (SSSR count). The molecule has 1 saturated heterocycles. The van der Waals surface area contributed by atoms with Gasteiger partial charge in [-0.05, 0) is 36.4 Å². The Balaban J connectivity index is 1.54. The number of esters is 1. The number of rotatable bonds is 7. The van der Waals surface area contributed by atoms with E-state index >= 15 is 0 Å². The summed E-state index contributed by atoms with van der Waals surface area (Å²) in [6, 6.07) is 23.8. The maximum atomic E-state index is 13.5. The number of carbonyl (C=O) groups is 2. The van der Waals surface area contributed by atoms with Crippen LogP contribution in [0.25, 0.3) is 0 Å². The molecule has 1 fully saturated rings. The molecule has 0 unspecified atom stereocenters. The van der Waals surface area contributed by atoms with Gasteiger partial charge in [0.15, 0.2) is 0 Å². The van der Waals surface area contributed by atoms with Crippen molar-refractivity contribution in [2.24, 2.45) is 0 Å². The van der Waals surface area contributed by atoms with Crippen molar-refractivity contribution in [3.05, 3.63) is 90.0 Å². The molecule has 3 aromatic carbocycles. The van der Waals surface area contributed by atoms with E-state index in [4.69, 9.17) is 4.74 Å². The summed E-state index contributed by atoms with van der Waals surface area (Å²) in [5, 5.41) is 10.7. The zero-order chi connectivity index (χ0) is 23.9. The zero-order valence-electron chi connectivity index (χ0n) is 19.3. The van der Waals surface area contributed by atoms with Gasteiger partial charge >= 0.3 is 5.97 Å². The first-order valence-corrected chi connectivity index (χ1v) is 11.4. The molecule has 176 valence electrons. The highest BCUT2D eigenvalue weighted by molar-refractivity contribution is 6.10. The summed E-state index contributed by atoms with van der Waals surface area (Å²) < 4.78 is 4.91. The number of methoxy groups -OCH3 is 1. The molecule has 3 aromatic rings. The average molecular weight is 460 g/mol. The molecule has 34 heavy (non-hydrogen) atoms. The maximum absolute atomic E-state index is 13.5. The van der Waals surface area contributed by atoms with Crippen molar-refractivity contribution in [3.63, 3.8) is 0 Å². The van der Waals surface area contributed by atoms with Crippen LogP contribution in [0.5, 0.6) is 5.75 Å². The fourth-order valence-corrected chi connectivity index (χ4v) is 4.25. The largest absolute Gasteiger partial charge is 0.506 e. The number of piperazine rings is 1. The highest BCUT2D eigenvalue weighted by atomic mass is 16.5. The Bertz CT molecular complexity index is 1110. The molecule has 7 nitrogen and oxygen atoms in total. The molecule has 0 bridgehead atoms. The van der Waals surface area contributed by atoms with Crippen molar-refractivity contribution in [3.8, 4) is 5.75 Å². The van der Waals surface area contributed by atoms with Gasteiger partial charge in [-0.25, -0.2) is 4.79 Å². The van der Waals surface area contributed by atoms with E-state index in [-0.39, 0.29) is 22.9 Å². The third-order valence-electron chi connectivity index (χ3n) is 6.09. The summed E-state index contributed by atoms with van der Waals surface area (Å²) in [7, 11) is 1.28. The molecule has 0 radical (unpaired) electrons. The summed E-state index contributed by atoms with van der Waals surface area (Å²) in [6.45, 7) is 4.41. The van der Waals surface area contributed by atoms with Crippen molar-refractivity contribution in [2.75, 3.05) is 56.2 Å². The van der Waals surface area contributed by atoms with Crippen LogP contribution >= 0.6 is 0 Å². The Kier molecular flexibility index (Phi) is 7.44. The Labute approximate surface area is 199 Å². The van der Waals surface area contributed by atoms with Gasteiger partial charge < -0.3 is 19.6 Å². The number of amides is 1. The number of hydrogen-bond donors (Lipinski definition) is 1. The number of anilines is 2. The molecule has 1 aliphatic rings. The van der Waals surface area contributed by atoms with Crippen molar-refractivity contribution >= 4 is 23.3 Å². The van der Waals surface area contributed by atoms with Gasteiger partial charge in [0, 0.05) is 50.5 Å². The number of aromatic hydroxyl groups is 1. The van der Waals surface area contributed by atoms with Gasteiger partial charge in [0.1, 0.15) is 11.4 Å². The number of ether oxygens (including phenoxy) is 1. The number of phenolic OH excluding ortho intramolecular Hbond substituents is 1. The molecule has 7 heteroatoms. The van der Waals surface area contributed by atoms with Gasteiger partial charge in [0.05, 0.1) is 12.7 Å². The Morgan fingerprint density at radius 3 is 2.18 bits per heavy atom. The van der Waals surface area contributed by atoms with Gasteiger partial charge in [0.2, 0.25) is 0 Å². The third kappa shape index (κ3) is 5.21. The first-order valence-electron chi connectivity index (χ1n) is 11.4. The van der Waals surface area contributed by atoms with E-state index in [1.807, 2.05) is 24.3 Å². The zero-order valence-corrected chi connectivity index (χ0v) is 19.3. The monoisotopic (exact) mass is 459 g/mol. The lowest BCUT2D eigenvalue weighted by molar-refractivity contribution is 0.0601. The van der Waals surface area contributed by atoms with Crippen LogP contribution in [-0.4, -0.2) is 68.3 Å². The van der Waals surface area contributed by atoms with E-state index in [0.29, 0.717) is 18.7 Å². The second kappa shape index (κ2) is 10.9. The number of nitrogens with zero attached hydrogens (tertiary/aromatic N) is 3. The quantitative estimate of drug-likeness (QED) is 0.544. The minimum absolute atomic E-state index is 0.138. The lowest BCUT2D eigenvalue weighted by Crippen LogP contribution is -2.49. The standard InChI is InChI=1S/C27H29N3O4/c1-34-27(33)23-13-8-14-24(31)25(23)30(26(32)21-9-4-2-5-10-21)20-17-28-15-18-29(19-16-28)22-11-6-3-7-12-22/h2-14,31H,15-20H2,1H3. The molecular formula is C27H29N3O4. The van der Waals surface area contributed by atoms with Gasteiger partial charge in [-0.1, -0.05) is 42.5 Å². The lowest BCUT2D eigenvalue weighted by atomic mass is 10.1. The summed E-state index contributed by atoms with van der Waals surface area (Å²) in [5.41, 5.74) is 2.02. The number of hydrogen-bond acceptors (Lipinski definition) is 6. The van der Waals surface area contributed by atoms with Crippen LogP contribution in [0.4, 0.5) is 11.4 Å². The Morgan fingerprint density at radius 1 is 0.882 bits per heavy atom. The highest BCUT2D eigenvalue weighted by Gasteiger charge is 2.27. The molecule has 1 amide bonds. The fraction of sp³-hybridized carbons (Fsp3) is 0.259. The summed E-state index contributed by atoms with van der Waals surface area (Å²) in [5.74, 6) is -1.02. The van der Waals surface area contributed by atoms with Gasteiger partial charge in [0.25, 0.3) is 5.91 Å². The number of phenols is 1. The summed E-state index contributed by atoms with van der Waals surface area (Å²) >= 11 is 0. The molecule has 0 aromatic heterocycles. The minimum atomic E-state index is -0.603. The average Bonchev–Trinajstić information content (AvgIpc) is 2.90. The summed E-state index contributed by atoms with van der Waals surface area (Å²) in [4.78, 5) is 32.1. The number of carbonyl (C=O) groups excluding carboxylic acids is 2. The van der Waals surface area contributed by atoms with E-state index in [2.05, 4.69) is 21.9 Å². The normalized spacial score (nSPS) is 14.0. The van der Waals surface area contributed by atoms with Gasteiger partial charge in [-0.3, -0.25) is 9.69 Å². The molecule has 1 heterocycles. The van der Waals surface area contributed by atoms with Crippen molar-refractivity contribution < 1.29 is 19.4 Å². The molecular weight excluding hydrogens is 430 g/mol. The first kappa shape index (κ1) is 23.3. The van der Waals surface area contributed by atoms with Crippen LogP contribution in [0, 0.1) is 0 Å². The summed E-state index contributed by atoms with van der Waals surface area (Å²) in [6.07, 6.45) is 0. The van der Waals surface area contributed by atoms with Crippen molar-refractivity contribution in [1.29, 1.82) is 0 Å². The molecule has 0 spiro atoms. The lowest BCUT2D eigenvalue weighted by Gasteiger charge is -2.37. The smallest absolute Gasteiger partial charge is 0.340 e. The van der Waals surface area contributed by atoms with Crippen molar-refractivity contribution in [1.82, 2.24) is 4.90 Å². The van der Waals surface area contributed by atoms with Crippen LogP contribution in [-0.2, 0) is 4.74 Å². The van der Waals surface area contributed by atoms with E-state index in [1.165, 1.54) is 23.8 Å². The third-order valence-corrected chi connectivity index (χ3v) is 6.09. The molecule has 0 aliphatic carbocycles. The SMILES string of the molecule is COC(=O)c1cccc(O)c1N(CCN1CCN(c2ccccc2)CC1)C(=O)c1ccccc1.